The molecular formula is C12H13ClN2O4. The minimum Gasteiger partial charge on any atom is -0.481 e. The van der Waals surface area contributed by atoms with Crippen LogP contribution in [-0.2, 0) is 4.79 Å². The maximum Gasteiger partial charge on any atom is 0.305 e. The predicted molar refractivity (Wildman–Crippen MR) is 70.5 cm³/mol. The number of carbonyl (C=O) groups is 1. The Morgan fingerprint density at radius 3 is 2.79 bits per heavy atom. The molecule has 0 bridgehead atoms. The van der Waals surface area contributed by atoms with Crippen molar-refractivity contribution in [3.05, 3.63) is 33.3 Å². The Balaban J connectivity index is 2.20. The molecule has 0 saturated heterocycles. The van der Waals surface area contributed by atoms with Gasteiger partial charge in [-0.15, -0.1) is 0 Å². The molecule has 2 N–H and O–H groups in total. The van der Waals surface area contributed by atoms with Gasteiger partial charge in [-0.2, -0.15) is 0 Å². The Hall–Kier alpha value is -1.82. The number of carboxylic acids is 1. The third kappa shape index (κ3) is 3.57. The van der Waals surface area contributed by atoms with E-state index in [0.717, 1.165) is 12.8 Å². The Labute approximate surface area is 114 Å². The van der Waals surface area contributed by atoms with E-state index in [4.69, 9.17) is 16.7 Å². The highest BCUT2D eigenvalue weighted by atomic mass is 35.5. The first kappa shape index (κ1) is 13.6. The van der Waals surface area contributed by atoms with Gasteiger partial charge in [0.25, 0.3) is 5.69 Å². The van der Waals surface area contributed by atoms with E-state index >= 15 is 0 Å². The Kier molecular flexibility index (Phi) is 3.90. The van der Waals surface area contributed by atoms with Gasteiger partial charge in [0.2, 0.25) is 0 Å². The number of nitrogens with one attached hydrogen (secondary N) is 1. The number of nitro benzene ring substituents is 1. The van der Waals surface area contributed by atoms with Gasteiger partial charge in [0.05, 0.1) is 11.3 Å². The number of hydrogen-bond donors (Lipinski definition) is 2. The molecule has 1 saturated carbocycles. The van der Waals surface area contributed by atoms with Gasteiger partial charge in [-0.25, -0.2) is 0 Å². The summed E-state index contributed by atoms with van der Waals surface area (Å²) in [5.41, 5.74) is 0.177. The molecule has 0 amide bonds. The van der Waals surface area contributed by atoms with Crippen molar-refractivity contribution >= 4 is 28.9 Å². The van der Waals surface area contributed by atoms with Crippen molar-refractivity contribution in [3.8, 4) is 0 Å². The summed E-state index contributed by atoms with van der Waals surface area (Å²) in [6, 6.07) is 4.03. The van der Waals surface area contributed by atoms with Crippen LogP contribution in [0.3, 0.4) is 0 Å². The fourth-order valence-corrected chi connectivity index (χ4v) is 2.17. The van der Waals surface area contributed by atoms with Crippen LogP contribution in [0.15, 0.2) is 18.2 Å². The van der Waals surface area contributed by atoms with Crippen LogP contribution in [-0.4, -0.2) is 22.0 Å². The van der Waals surface area contributed by atoms with Crippen LogP contribution < -0.4 is 5.32 Å². The quantitative estimate of drug-likeness (QED) is 0.619. The van der Waals surface area contributed by atoms with Crippen LogP contribution in [0.5, 0.6) is 0 Å². The van der Waals surface area contributed by atoms with Crippen LogP contribution in [0.25, 0.3) is 0 Å². The highest BCUT2D eigenvalue weighted by Gasteiger charge is 2.33. The average Bonchev–Trinajstić information content (AvgIpc) is 3.13. The minimum absolute atomic E-state index is 0.0511. The fourth-order valence-electron chi connectivity index (χ4n) is 2.00. The van der Waals surface area contributed by atoms with E-state index in [1.807, 2.05) is 0 Å². The van der Waals surface area contributed by atoms with Crippen molar-refractivity contribution in [2.45, 2.75) is 25.3 Å². The topological polar surface area (TPSA) is 92.5 Å². The number of nitrogens with zero attached hydrogens (tertiary/aromatic N) is 1. The third-order valence-corrected chi connectivity index (χ3v) is 3.32. The number of hydrogen-bond acceptors (Lipinski definition) is 4. The standard InChI is InChI=1S/C12H13ClN2O4/c13-8-3-4-9(11(5-8)15(18)19)14-10(6-12(16)17)7-1-2-7/h3-5,7,10,14H,1-2,6H2,(H,16,17). The van der Waals surface area contributed by atoms with Crippen LogP contribution in [0.4, 0.5) is 11.4 Å². The van der Waals surface area contributed by atoms with Crippen molar-refractivity contribution in [2.24, 2.45) is 5.92 Å². The lowest BCUT2D eigenvalue weighted by Gasteiger charge is -2.17. The maximum absolute atomic E-state index is 11.0. The van der Waals surface area contributed by atoms with Gasteiger partial charge in [0, 0.05) is 17.1 Å². The van der Waals surface area contributed by atoms with Crippen molar-refractivity contribution < 1.29 is 14.8 Å². The number of anilines is 1. The zero-order chi connectivity index (χ0) is 14.0. The van der Waals surface area contributed by atoms with Crippen molar-refractivity contribution in [2.75, 3.05) is 5.32 Å². The molecule has 1 unspecified atom stereocenters. The number of aliphatic carboxylic acids is 1. The number of halogens is 1. The molecular weight excluding hydrogens is 272 g/mol. The highest BCUT2D eigenvalue weighted by Crippen LogP contribution is 2.37. The highest BCUT2D eigenvalue weighted by molar-refractivity contribution is 6.30. The molecule has 1 fully saturated rings. The van der Waals surface area contributed by atoms with E-state index in [1.54, 1.807) is 6.07 Å². The Morgan fingerprint density at radius 1 is 1.58 bits per heavy atom. The molecule has 0 aromatic heterocycles. The molecule has 19 heavy (non-hydrogen) atoms. The van der Waals surface area contributed by atoms with Crippen LogP contribution in [0, 0.1) is 16.0 Å². The maximum atomic E-state index is 11.0. The summed E-state index contributed by atoms with van der Waals surface area (Å²) in [5.74, 6) is -0.646. The number of nitro groups is 1. The zero-order valence-electron chi connectivity index (χ0n) is 10.0. The second kappa shape index (κ2) is 5.44. The Morgan fingerprint density at radius 2 is 2.26 bits per heavy atom. The summed E-state index contributed by atoms with van der Waals surface area (Å²) in [6.45, 7) is 0. The summed E-state index contributed by atoms with van der Waals surface area (Å²) >= 11 is 5.73. The van der Waals surface area contributed by atoms with Gasteiger partial charge in [-0.05, 0) is 30.9 Å². The monoisotopic (exact) mass is 284 g/mol. The van der Waals surface area contributed by atoms with Gasteiger partial charge in [0.15, 0.2) is 0 Å². The molecule has 6 nitrogen and oxygen atoms in total. The first-order chi connectivity index (χ1) is 8.97. The molecule has 0 radical (unpaired) electrons. The predicted octanol–water partition coefficient (Wildman–Crippen LogP) is 2.91. The fraction of sp³-hybridized carbons (Fsp3) is 0.417. The van der Waals surface area contributed by atoms with E-state index in [1.165, 1.54) is 12.1 Å². The van der Waals surface area contributed by atoms with Crippen molar-refractivity contribution in [3.63, 3.8) is 0 Å². The van der Waals surface area contributed by atoms with Crippen LogP contribution >= 0.6 is 11.6 Å². The van der Waals surface area contributed by atoms with E-state index in [9.17, 15) is 14.9 Å². The molecule has 7 heteroatoms. The SMILES string of the molecule is O=C(O)CC(Nc1ccc(Cl)cc1[N+](=O)[O-])C1CC1. The second-order valence-electron chi connectivity index (χ2n) is 4.60. The lowest BCUT2D eigenvalue weighted by Crippen LogP contribution is -2.25. The van der Waals surface area contributed by atoms with E-state index < -0.39 is 10.9 Å². The molecule has 0 spiro atoms. The number of benzene rings is 1. The normalized spacial score (nSPS) is 15.8. The van der Waals surface area contributed by atoms with Gasteiger partial charge < -0.3 is 10.4 Å². The van der Waals surface area contributed by atoms with E-state index in [2.05, 4.69) is 5.32 Å². The lowest BCUT2D eigenvalue weighted by molar-refractivity contribution is -0.384. The molecule has 1 aromatic carbocycles. The number of rotatable bonds is 6. The van der Waals surface area contributed by atoms with Gasteiger partial charge >= 0.3 is 5.97 Å². The summed E-state index contributed by atoms with van der Waals surface area (Å²) < 4.78 is 0. The summed E-state index contributed by atoms with van der Waals surface area (Å²) in [5, 5.41) is 23.1. The molecule has 1 aliphatic carbocycles. The molecule has 0 heterocycles. The van der Waals surface area contributed by atoms with Crippen LogP contribution in [0.2, 0.25) is 5.02 Å². The molecule has 1 aromatic rings. The summed E-state index contributed by atoms with van der Waals surface area (Å²) in [7, 11) is 0. The van der Waals surface area contributed by atoms with Crippen LogP contribution in [0.1, 0.15) is 19.3 Å². The third-order valence-electron chi connectivity index (χ3n) is 3.08. The molecule has 0 aliphatic heterocycles. The summed E-state index contributed by atoms with van der Waals surface area (Å²) in [4.78, 5) is 21.2. The molecule has 1 atom stereocenters. The smallest absolute Gasteiger partial charge is 0.305 e. The van der Waals surface area contributed by atoms with E-state index in [0.29, 0.717) is 5.69 Å². The summed E-state index contributed by atoms with van der Waals surface area (Å²) in [6.07, 6.45) is 1.85. The lowest BCUT2D eigenvalue weighted by atomic mass is 10.1. The Bertz CT molecular complexity index is 516. The molecule has 1 aliphatic rings. The first-order valence-electron chi connectivity index (χ1n) is 5.89. The van der Waals surface area contributed by atoms with E-state index in [-0.39, 0.29) is 29.1 Å². The zero-order valence-corrected chi connectivity index (χ0v) is 10.8. The minimum atomic E-state index is -0.916. The number of carboxylic acid groups (broad SMARTS) is 1. The molecule has 2 rings (SSSR count). The second-order valence-corrected chi connectivity index (χ2v) is 5.04. The van der Waals surface area contributed by atoms with Crippen molar-refractivity contribution in [1.82, 2.24) is 0 Å². The average molecular weight is 285 g/mol. The van der Waals surface area contributed by atoms with Gasteiger partial charge in [-0.1, -0.05) is 11.6 Å². The van der Waals surface area contributed by atoms with Crippen molar-refractivity contribution in [1.29, 1.82) is 0 Å². The largest absolute Gasteiger partial charge is 0.481 e. The van der Waals surface area contributed by atoms with Gasteiger partial charge in [-0.3, -0.25) is 14.9 Å². The van der Waals surface area contributed by atoms with Gasteiger partial charge in [0.1, 0.15) is 5.69 Å². The first-order valence-corrected chi connectivity index (χ1v) is 6.27. The molecule has 102 valence electrons.